The molecule has 0 atom stereocenters. The molecule has 2 aliphatic rings. The Morgan fingerprint density at radius 1 is 0.550 bits per heavy atom. The number of ether oxygens (including phenoxy) is 1. The van der Waals surface area contributed by atoms with Gasteiger partial charge in [-0.05, 0) is 88.7 Å². The molecule has 0 fully saturated rings. The van der Waals surface area contributed by atoms with E-state index in [1.165, 1.54) is 4.90 Å². The predicted molar refractivity (Wildman–Crippen MR) is 236 cm³/mol. The molecule has 4 amide bonds. The molecular weight excluding hydrogens is 751 g/mol. The summed E-state index contributed by atoms with van der Waals surface area (Å²) in [6, 6.07) is 21.4. The first-order valence-electron chi connectivity index (χ1n) is 21.9. The van der Waals surface area contributed by atoms with E-state index in [-0.39, 0.29) is 42.8 Å². The van der Waals surface area contributed by atoms with Gasteiger partial charge in [0.2, 0.25) is 0 Å². The fourth-order valence-corrected chi connectivity index (χ4v) is 9.53. The van der Waals surface area contributed by atoms with Gasteiger partial charge in [0.25, 0.3) is 23.6 Å². The van der Waals surface area contributed by atoms with E-state index in [2.05, 4.69) is 18.7 Å². The molecule has 8 rings (SSSR count). The van der Waals surface area contributed by atoms with Gasteiger partial charge in [-0.15, -0.1) is 0 Å². The predicted octanol–water partition coefficient (Wildman–Crippen LogP) is 12.2. The van der Waals surface area contributed by atoms with Gasteiger partial charge in [-0.1, -0.05) is 120 Å². The van der Waals surface area contributed by atoms with Crippen molar-refractivity contribution in [3.05, 3.63) is 112 Å². The summed E-state index contributed by atoms with van der Waals surface area (Å²) in [6.07, 6.45) is 13.1. The molecule has 2 aliphatic heterocycles. The first-order valence-corrected chi connectivity index (χ1v) is 21.9. The summed E-state index contributed by atoms with van der Waals surface area (Å²) in [4.78, 5) is 75.6. The Bertz CT molecular complexity index is 2560. The summed E-state index contributed by atoms with van der Waals surface area (Å²) < 4.78 is 5.39. The monoisotopic (exact) mass is 801 g/mol. The number of amides is 4. The number of imide groups is 2. The maximum Gasteiger partial charge on any atom is 0.338 e. The Morgan fingerprint density at radius 2 is 1.00 bits per heavy atom. The van der Waals surface area contributed by atoms with Gasteiger partial charge >= 0.3 is 5.97 Å². The molecule has 0 radical (unpaired) electrons. The van der Waals surface area contributed by atoms with Crippen LogP contribution < -0.4 is 0 Å². The molecule has 9 heteroatoms. The van der Waals surface area contributed by atoms with E-state index in [0.717, 1.165) is 109 Å². The summed E-state index contributed by atoms with van der Waals surface area (Å²) in [5, 5.41) is 6.57. The van der Waals surface area contributed by atoms with Crippen molar-refractivity contribution < 1.29 is 28.7 Å². The lowest BCUT2D eigenvalue weighted by atomic mass is 9.82. The quantitative estimate of drug-likeness (QED) is 0.0202. The normalized spacial score (nSPS) is 13.8. The van der Waals surface area contributed by atoms with Crippen molar-refractivity contribution in [2.24, 2.45) is 0 Å². The number of rotatable bonds is 19. The molecule has 306 valence electrons. The number of carbonyl (C=O) groups excluding carboxylic acids is 5. The van der Waals surface area contributed by atoms with Gasteiger partial charge in [0.1, 0.15) is 0 Å². The topological polar surface area (TPSA) is 105 Å². The number of nitrogens with zero attached hydrogens (tertiary/aromatic N) is 3. The summed E-state index contributed by atoms with van der Waals surface area (Å²) in [6.45, 7) is 12.0. The highest BCUT2D eigenvalue weighted by atomic mass is 16.5. The summed E-state index contributed by atoms with van der Waals surface area (Å²) in [5.41, 5.74) is 2.94. The molecule has 9 nitrogen and oxygen atoms in total. The van der Waals surface area contributed by atoms with E-state index in [9.17, 15) is 24.0 Å². The van der Waals surface area contributed by atoms with Gasteiger partial charge in [-0.3, -0.25) is 29.0 Å². The van der Waals surface area contributed by atoms with Crippen LogP contribution in [0, 0.1) is 6.57 Å². The van der Waals surface area contributed by atoms with Crippen LogP contribution in [0.2, 0.25) is 0 Å². The highest BCUT2D eigenvalue weighted by Crippen LogP contribution is 2.46. The molecule has 6 aromatic carbocycles. The number of hydrogen-bond acceptors (Lipinski definition) is 6. The Hall–Kier alpha value is -6.14. The van der Waals surface area contributed by atoms with Crippen molar-refractivity contribution in [1.29, 1.82) is 0 Å². The Labute approximate surface area is 350 Å². The molecule has 0 saturated carbocycles. The minimum absolute atomic E-state index is 0.139. The van der Waals surface area contributed by atoms with Crippen molar-refractivity contribution in [2.75, 3.05) is 13.2 Å². The second-order valence-electron chi connectivity index (χ2n) is 16.4. The summed E-state index contributed by atoms with van der Waals surface area (Å²) in [7, 11) is 0. The van der Waals surface area contributed by atoms with Crippen LogP contribution in [0.3, 0.4) is 0 Å². The van der Waals surface area contributed by atoms with E-state index >= 15 is 0 Å². The standard InChI is InChI=1S/C51H51N3O6/c1-4-6-8-12-16-34(17-13-9-7-5-2)54-49(57)41-28-24-37-35-22-26-39-45-40(27-23-36(43(35)45)38-25-29-42(50(54)58)46(41)44(37)38)48(56)53(47(39)55)30-14-10-11-15-31-60-51(59)32-18-20-33(52-3)21-19-32/h18-29,34H,4-17,30-31H2,1-2H3. The van der Waals surface area contributed by atoms with E-state index in [1.807, 2.05) is 48.5 Å². The van der Waals surface area contributed by atoms with Crippen LogP contribution in [0.4, 0.5) is 5.69 Å². The fraction of sp³-hybridized carbons (Fsp3) is 0.373. The van der Waals surface area contributed by atoms with Crippen LogP contribution in [-0.4, -0.2) is 58.6 Å². The molecule has 0 unspecified atom stereocenters. The van der Waals surface area contributed by atoms with Gasteiger partial charge in [-0.25, -0.2) is 9.64 Å². The van der Waals surface area contributed by atoms with Gasteiger partial charge in [0.05, 0.1) is 18.7 Å². The fourth-order valence-electron chi connectivity index (χ4n) is 9.53. The zero-order chi connectivity index (χ0) is 41.9. The van der Waals surface area contributed by atoms with Crippen LogP contribution in [-0.2, 0) is 4.74 Å². The molecular formula is C51H51N3O6. The maximum atomic E-state index is 14.5. The molecule has 60 heavy (non-hydrogen) atoms. The third-order valence-electron chi connectivity index (χ3n) is 12.6. The lowest BCUT2D eigenvalue weighted by Gasteiger charge is -2.35. The van der Waals surface area contributed by atoms with Crippen molar-refractivity contribution in [2.45, 2.75) is 110 Å². The minimum atomic E-state index is -0.430. The highest BCUT2D eigenvalue weighted by Gasteiger charge is 2.39. The van der Waals surface area contributed by atoms with Crippen LogP contribution in [0.15, 0.2) is 72.8 Å². The zero-order valence-electron chi connectivity index (χ0n) is 34.6. The average molecular weight is 802 g/mol. The third kappa shape index (κ3) is 7.27. The maximum absolute atomic E-state index is 14.5. The van der Waals surface area contributed by atoms with E-state index in [1.54, 1.807) is 29.2 Å². The van der Waals surface area contributed by atoms with Gasteiger partial charge in [-0.2, -0.15) is 0 Å². The SMILES string of the molecule is [C-]#[N+]c1ccc(C(=O)OCCCCCCN2C(=O)c3ccc4c5ccc6c7c(ccc(c8ccc(c3c48)C2=O)c75)C(=O)N(C(CCCCCC)CCCCCC)C6=O)cc1. The Balaban J connectivity index is 1.02. The molecule has 0 bridgehead atoms. The van der Waals surface area contributed by atoms with E-state index < -0.39 is 5.97 Å². The van der Waals surface area contributed by atoms with Crippen LogP contribution >= 0.6 is 0 Å². The van der Waals surface area contributed by atoms with Crippen molar-refractivity contribution in [3.8, 4) is 0 Å². The molecule has 0 saturated heterocycles. The zero-order valence-corrected chi connectivity index (χ0v) is 34.6. The van der Waals surface area contributed by atoms with E-state index in [0.29, 0.717) is 57.1 Å². The number of unbranched alkanes of at least 4 members (excludes halogenated alkanes) is 9. The summed E-state index contributed by atoms with van der Waals surface area (Å²) >= 11 is 0. The molecule has 0 aromatic heterocycles. The first kappa shape index (κ1) is 40.6. The lowest BCUT2D eigenvalue weighted by molar-refractivity contribution is 0.0490. The van der Waals surface area contributed by atoms with Crippen molar-refractivity contribution >= 4 is 78.4 Å². The second kappa shape index (κ2) is 17.6. The van der Waals surface area contributed by atoms with Crippen molar-refractivity contribution in [3.63, 3.8) is 0 Å². The molecule has 6 aromatic rings. The summed E-state index contributed by atoms with van der Waals surface area (Å²) in [5.74, 6) is -1.51. The van der Waals surface area contributed by atoms with Crippen LogP contribution in [0.5, 0.6) is 0 Å². The lowest BCUT2D eigenvalue weighted by Crippen LogP contribution is -2.47. The third-order valence-corrected chi connectivity index (χ3v) is 12.6. The largest absolute Gasteiger partial charge is 0.462 e. The molecule has 0 spiro atoms. The molecule has 0 N–H and O–H groups in total. The van der Waals surface area contributed by atoms with Crippen LogP contribution in [0.25, 0.3) is 47.9 Å². The Morgan fingerprint density at radius 3 is 1.47 bits per heavy atom. The number of benzene rings is 6. The first-order chi connectivity index (χ1) is 29.3. The second-order valence-corrected chi connectivity index (χ2v) is 16.4. The van der Waals surface area contributed by atoms with Gasteiger partial charge in [0.15, 0.2) is 5.69 Å². The smallest absolute Gasteiger partial charge is 0.338 e. The highest BCUT2D eigenvalue weighted by molar-refractivity contribution is 6.41. The molecule has 0 aliphatic carbocycles. The number of fused-ring (bicyclic) bond motifs is 2. The number of esters is 1. The molecule has 2 heterocycles. The average Bonchev–Trinajstić information content (AvgIpc) is 3.27. The van der Waals surface area contributed by atoms with E-state index in [4.69, 9.17) is 11.3 Å². The Kier molecular flexibility index (Phi) is 11.9. The van der Waals surface area contributed by atoms with Crippen molar-refractivity contribution in [1.82, 2.24) is 9.80 Å². The number of hydrogen-bond donors (Lipinski definition) is 0. The number of carbonyl (C=O) groups is 5. The minimum Gasteiger partial charge on any atom is -0.462 e. The van der Waals surface area contributed by atoms with Crippen LogP contribution in [0.1, 0.15) is 156 Å². The van der Waals surface area contributed by atoms with Gasteiger partial charge < -0.3 is 4.74 Å². The van der Waals surface area contributed by atoms with Gasteiger partial charge in [0, 0.05) is 45.6 Å².